The van der Waals surface area contributed by atoms with Crippen molar-refractivity contribution in [3.05, 3.63) is 57.5 Å². The number of likely N-dealkylation sites (N-methyl/N-ethyl adjacent to an activating group) is 1. The Morgan fingerprint density at radius 2 is 2.17 bits per heavy atom. The summed E-state index contributed by atoms with van der Waals surface area (Å²) in [5.74, 6) is -0.113. The Labute approximate surface area is 112 Å². The Balaban J connectivity index is 2.23. The molecule has 96 valence electrons. The molecule has 0 bridgehead atoms. The Kier molecular flexibility index (Phi) is 4.50. The summed E-state index contributed by atoms with van der Waals surface area (Å²) in [5.41, 5.74) is 1.72. The number of aryl methyl sites for hydroxylation is 1. The van der Waals surface area contributed by atoms with Gasteiger partial charge in [-0.3, -0.25) is 0 Å². The number of hydrogen-bond donors (Lipinski definition) is 1. The molecule has 2 aromatic rings. The molecule has 0 saturated heterocycles. The van der Waals surface area contributed by atoms with Crippen LogP contribution < -0.4 is 5.32 Å². The highest BCUT2D eigenvalue weighted by molar-refractivity contribution is 7.09. The first-order chi connectivity index (χ1) is 8.70. The highest BCUT2D eigenvalue weighted by Gasteiger charge is 2.15. The van der Waals surface area contributed by atoms with E-state index in [0.717, 1.165) is 24.1 Å². The molecule has 0 aliphatic rings. The van der Waals surface area contributed by atoms with Gasteiger partial charge in [0.05, 0.1) is 0 Å². The van der Waals surface area contributed by atoms with Crippen LogP contribution in [-0.4, -0.2) is 6.54 Å². The number of thiophene rings is 1. The molecular weight excluding hydrogens is 245 g/mol. The quantitative estimate of drug-likeness (QED) is 0.856. The highest BCUT2D eigenvalue weighted by atomic mass is 32.1. The standard InChI is InChI=1S/C15H18FNS/c1-3-17-15(10-12-5-4-8-18-12)13-7-6-11(2)9-14(13)16/h4-9,15,17H,3,10H2,1-2H3. The highest BCUT2D eigenvalue weighted by Crippen LogP contribution is 2.24. The number of hydrogen-bond acceptors (Lipinski definition) is 2. The largest absolute Gasteiger partial charge is 0.310 e. The van der Waals surface area contributed by atoms with Crippen LogP contribution in [0.2, 0.25) is 0 Å². The second-order valence-corrected chi connectivity index (χ2v) is 5.45. The molecule has 0 aliphatic carbocycles. The van der Waals surface area contributed by atoms with Crippen LogP contribution in [0.1, 0.15) is 29.0 Å². The average molecular weight is 263 g/mol. The molecule has 3 heteroatoms. The van der Waals surface area contributed by atoms with Crippen LogP contribution in [-0.2, 0) is 6.42 Å². The van der Waals surface area contributed by atoms with E-state index in [1.807, 2.05) is 32.0 Å². The number of halogens is 1. The van der Waals surface area contributed by atoms with Gasteiger partial charge in [0.2, 0.25) is 0 Å². The molecule has 1 unspecified atom stereocenters. The van der Waals surface area contributed by atoms with Gasteiger partial charge >= 0.3 is 0 Å². The summed E-state index contributed by atoms with van der Waals surface area (Å²) in [6.07, 6.45) is 0.839. The van der Waals surface area contributed by atoms with E-state index in [1.54, 1.807) is 17.4 Å². The fraction of sp³-hybridized carbons (Fsp3) is 0.333. The summed E-state index contributed by atoms with van der Waals surface area (Å²) < 4.78 is 14.0. The molecule has 1 atom stereocenters. The Bertz CT molecular complexity index is 493. The van der Waals surface area contributed by atoms with E-state index in [1.165, 1.54) is 4.88 Å². The zero-order valence-corrected chi connectivity index (χ0v) is 11.6. The van der Waals surface area contributed by atoms with Crippen LogP contribution in [0.25, 0.3) is 0 Å². The van der Waals surface area contributed by atoms with Crippen molar-refractivity contribution in [1.82, 2.24) is 5.32 Å². The second-order valence-electron chi connectivity index (χ2n) is 4.42. The molecule has 2 rings (SSSR count). The van der Waals surface area contributed by atoms with E-state index in [9.17, 15) is 4.39 Å². The molecule has 1 nitrogen and oxygen atoms in total. The topological polar surface area (TPSA) is 12.0 Å². The molecule has 18 heavy (non-hydrogen) atoms. The van der Waals surface area contributed by atoms with Gasteiger partial charge in [0.15, 0.2) is 0 Å². The van der Waals surface area contributed by atoms with E-state index in [4.69, 9.17) is 0 Å². The predicted molar refractivity (Wildman–Crippen MR) is 75.6 cm³/mol. The predicted octanol–water partition coefficient (Wildman–Crippen LogP) is 4.09. The molecule has 0 fully saturated rings. The average Bonchev–Trinajstić information content (AvgIpc) is 2.81. The van der Waals surface area contributed by atoms with Crippen molar-refractivity contribution >= 4 is 11.3 Å². The van der Waals surface area contributed by atoms with Crippen molar-refractivity contribution in [2.75, 3.05) is 6.54 Å². The van der Waals surface area contributed by atoms with Crippen LogP contribution >= 0.6 is 11.3 Å². The van der Waals surface area contributed by atoms with Crippen molar-refractivity contribution in [1.29, 1.82) is 0 Å². The molecule has 0 radical (unpaired) electrons. The van der Waals surface area contributed by atoms with E-state index in [2.05, 4.69) is 16.8 Å². The van der Waals surface area contributed by atoms with Crippen molar-refractivity contribution < 1.29 is 4.39 Å². The number of benzene rings is 1. The first kappa shape index (κ1) is 13.2. The molecule has 0 saturated carbocycles. The first-order valence-corrected chi connectivity index (χ1v) is 7.10. The van der Waals surface area contributed by atoms with Gasteiger partial charge in [-0.05, 0) is 36.5 Å². The van der Waals surface area contributed by atoms with Gasteiger partial charge in [-0.1, -0.05) is 25.1 Å². The summed E-state index contributed by atoms with van der Waals surface area (Å²) in [6.45, 7) is 4.80. The fourth-order valence-corrected chi connectivity index (χ4v) is 2.84. The maximum atomic E-state index is 14.0. The third-order valence-corrected chi connectivity index (χ3v) is 3.87. The smallest absolute Gasteiger partial charge is 0.128 e. The summed E-state index contributed by atoms with van der Waals surface area (Å²) >= 11 is 1.72. The van der Waals surface area contributed by atoms with Gasteiger partial charge in [-0.2, -0.15) is 0 Å². The van der Waals surface area contributed by atoms with E-state index >= 15 is 0 Å². The van der Waals surface area contributed by atoms with Crippen molar-refractivity contribution in [2.45, 2.75) is 26.3 Å². The van der Waals surface area contributed by atoms with E-state index in [0.29, 0.717) is 0 Å². The fourth-order valence-electron chi connectivity index (χ4n) is 2.08. The zero-order valence-electron chi connectivity index (χ0n) is 10.7. The molecule has 1 heterocycles. The second kappa shape index (κ2) is 6.12. The molecule has 1 aromatic carbocycles. The van der Waals surface area contributed by atoms with Gasteiger partial charge in [0.1, 0.15) is 5.82 Å². The lowest BCUT2D eigenvalue weighted by Crippen LogP contribution is -2.23. The van der Waals surface area contributed by atoms with E-state index in [-0.39, 0.29) is 11.9 Å². The summed E-state index contributed by atoms with van der Waals surface area (Å²) in [4.78, 5) is 1.28. The summed E-state index contributed by atoms with van der Waals surface area (Å²) in [7, 11) is 0. The number of rotatable bonds is 5. The zero-order chi connectivity index (χ0) is 13.0. The van der Waals surface area contributed by atoms with E-state index < -0.39 is 0 Å². The van der Waals surface area contributed by atoms with Crippen molar-refractivity contribution in [2.24, 2.45) is 0 Å². The summed E-state index contributed by atoms with van der Waals surface area (Å²) in [6, 6.07) is 9.65. The minimum atomic E-state index is -0.113. The molecule has 0 aliphatic heterocycles. The minimum Gasteiger partial charge on any atom is -0.310 e. The van der Waals surface area contributed by atoms with Crippen molar-refractivity contribution in [3.8, 4) is 0 Å². The van der Waals surface area contributed by atoms with Gasteiger partial charge in [-0.15, -0.1) is 11.3 Å². The van der Waals surface area contributed by atoms with Crippen LogP contribution in [0, 0.1) is 12.7 Å². The molecule has 0 amide bonds. The molecule has 0 spiro atoms. The SMILES string of the molecule is CCNC(Cc1cccs1)c1ccc(C)cc1F. The van der Waals surface area contributed by atoms with Crippen LogP contribution in [0.5, 0.6) is 0 Å². The maximum absolute atomic E-state index is 14.0. The molecule has 1 N–H and O–H groups in total. The lowest BCUT2D eigenvalue weighted by molar-refractivity contribution is 0.512. The third kappa shape index (κ3) is 3.18. The van der Waals surface area contributed by atoms with Crippen LogP contribution in [0.3, 0.4) is 0 Å². The lowest BCUT2D eigenvalue weighted by Gasteiger charge is -2.18. The lowest BCUT2D eigenvalue weighted by atomic mass is 10.0. The third-order valence-electron chi connectivity index (χ3n) is 2.97. The molecular formula is C15H18FNS. The maximum Gasteiger partial charge on any atom is 0.128 e. The minimum absolute atomic E-state index is 0.0502. The molecule has 1 aromatic heterocycles. The van der Waals surface area contributed by atoms with Gasteiger partial charge in [-0.25, -0.2) is 4.39 Å². The Morgan fingerprint density at radius 1 is 1.33 bits per heavy atom. The summed E-state index contributed by atoms with van der Waals surface area (Å²) in [5, 5.41) is 5.42. The Hall–Kier alpha value is -1.19. The normalized spacial score (nSPS) is 12.6. The van der Waals surface area contributed by atoms with Crippen molar-refractivity contribution in [3.63, 3.8) is 0 Å². The van der Waals surface area contributed by atoms with Gasteiger partial charge in [0, 0.05) is 22.9 Å². The monoisotopic (exact) mass is 263 g/mol. The van der Waals surface area contributed by atoms with Crippen LogP contribution in [0.15, 0.2) is 35.7 Å². The van der Waals surface area contributed by atoms with Crippen LogP contribution in [0.4, 0.5) is 4.39 Å². The first-order valence-electron chi connectivity index (χ1n) is 6.22. The number of nitrogens with one attached hydrogen (secondary N) is 1. The van der Waals surface area contributed by atoms with Gasteiger partial charge < -0.3 is 5.32 Å². The Morgan fingerprint density at radius 3 is 2.78 bits per heavy atom. The van der Waals surface area contributed by atoms with Gasteiger partial charge in [0.25, 0.3) is 0 Å².